The molecule has 8 heteroatoms. The van der Waals surface area contributed by atoms with E-state index in [1.54, 1.807) is 7.05 Å². The van der Waals surface area contributed by atoms with Crippen LogP contribution in [0.3, 0.4) is 0 Å². The van der Waals surface area contributed by atoms with E-state index in [2.05, 4.69) is 43.3 Å². The lowest BCUT2D eigenvalue weighted by molar-refractivity contribution is 0.395. The van der Waals surface area contributed by atoms with Crippen molar-refractivity contribution in [1.29, 1.82) is 0 Å². The number of hydrogen-bond acceptors (Lipinski definition) is 5. The van der Waals surface area contributed by atoms with E-state index in [1.165, 1.54) is 19.5 Å². The summed E-state index contributed by atoms with van der Waals surface area (Å²) < 4.78 is 4.63. The molecule has 0 spiro atoms. The van der Waals surface area contributed by atoms with Crippen LogP contribution in [0, 0.1) is 0 Å². The first-order valence-corrected chi connectivity index (χ1v) is 4.38. The Morgan fingerprint density at radius 2 is 1.79 bits per heavy atom. The fourth-order valence-corrected chi connectivity index (χ4v) is 0.459. The van der Waals surface area contributed by atoms with Crippen molar-refractivity contribution >= 4 is 47.2 Å². The summed E-state index contributed by atoms with van der Waals surface area (Å²) in [6.07, 6.45) is 2.81. The van der Waals surface area contributed by atoms with Crippen LogP contribution >= 0.6 is 24.4 Å². The zero-order valence-electron chi connectivity index (χ0n) is 7.77. The molecule has 3 N–H and O–H groups in total. The summed E-state index contributed by atoms with van der Waals surface area (Å²) in [6, 6.07) is 0. The molecule has 0 heterocycles. The maximum absolute atomic E-state index is 4.76. The Bertz CT molecular complexity index is 227. The lowest BCUT2D eigenvalue weighted by Gasteiger charge is -1.98. The van der Waals surface area contributed by atoms with E-state index >= 15 is 0 Å². The SMILES string of the molecule is CNC(=S)N/N=C/C=N/NC(=S)OC. The molecular weight excluding hydrogens is 222 g/mol. The van der Waals surface area contributed by atoms with E-state index in [4.69, 9.17) is 12.2 Å². The molecule has 0 unspecified atom stereocenters. The fourth-order valence-electron chi connectivity index (χ4n) is 0.354. The molecule has 0 amide bonds. The van der Waals surface area contributed by atoms with Crippen LogP contribution in [0.2, 0.25) is 0 Å². The second-order valence-electron chi connectivity index (χ2n) is 1.85. The third-order valence-electron chi connectivity index (χ3n) is 0.950. The van der Waals surface area contributed by atoms with Gasteiger partial charge >= 0.3 is 0 Å². The molecule has 14 heavy (non-hydrogen) atoms. The summed E-state index contributed by atoms with van der Waals surface area (Å²) in [4.78, 5) is 0. The first kappa shape index (κ1) is 12.7. The molecule has 0 saturated heterocycles. The van der Waals surface area contributed by atoms with Gasteiger partial charge in [0.2, 0.25) is 0 Å². The minimum atomic E-state index is 0.188. The Morgan fingerprint density at radius 3 is 2.29 bits per heavy atom. The Labute approximate surface area is 92.8 Å². The summed E-state index contributed by atoms with van der Waals surface area (Å²) in [5.74, 6) is 0. The summed E-state index contributed by atoms with van der Waals surface area (Å²) in [7, 11) is 3.14. The monoisotopic (exact) mass is 233 g/mol. The van der Waals surface area contributed by atoms with Crippen molar-refractivity contribution in [3.63, 3.8) is 0 Å². The van der Waals surface area contributed by atoms with Crippen LogP contribution < -0.4 is 16.2 Å². The molecule has 0 bridgehead atoms. The third-order valence-corrected chi connectivity index (χ3v) is 1.50. The smallest absolute Gasteiger partial charge is 0.277 e. The van der Waals surface area contributed by atoms with Crippen LogP contribution in [-0.2, 0) is 4.74 Å². The van der Waals surface area contributed by atoms with Gasteiger partial charge < -0.3 is 10.1 Å². The summed E-state index contributed by atoms with van der Waals surface area (Å²) in [6.45, 7) is 0. The third kappa shape index (κ3) is 7.37. The van der Waals surface area contributed by atoms with Gasteiger partial charge in [-0.2, -0.15) is 10.2 Å². The zero-order valence-corrected chi connectivity index (χ0v) is 9.41. The van der Waals surface area contributed by atoms with E-state index in [-0.39, 0.29) is 5.17 Å². The molecule has 0 aromatic rings. The molecule has 78 valence electrons. The van der Waals surface area contributed by atoms with Crippen LogP contribution in [0.1, 0.15) is 0 Å². The standard InChI is InChI=1S/C6H11N5OS2/c1-7-5(13)10-8-3-4-9-11-6(14)12-2/h3-4H,1-2H3,(H,11,14)(H2,7,10,13)/b8-3+,9-4+. The number of thiocarbonyl (C=S) groups is 2. The van der Waals surface area contributed by atoms with Crippen molar-refractivity contribution in [3.8, 4) is 0 Å². The minimum absolute atomic E-state index is 0.188. The average Bonchev–Trinajstić information content (AvgIpc) is 2.22. The molecule has 0 aromatic heterocycles. The van der Waals surface area contributed by atoms with Gasteiger partial charge in [0.05, 0.1) is 19.5 Å². The van der Waals surface area contributed by atoms with Gasteiger partial charge in [-0.05, 0) is 24.4 Å². The number of rotatable bonds is 3. The van der Waals surface area contributed by atoms with E-state index in [0.29, 0.717) is 5.11 Å². The molecular formula is C6H11N5OS2. The summed E-state index contributed by atoms with van der Waals surface area (Å²) >= 11 is 9.41. The first-order chi connectivity index (χ1) is 6.70. The van der Waals surface area contributed by atoms with Gasteiger partial charge in [0.15, 0.2) is 5.11 Å². The number of ether oxygens (including phenoxy) is 1. The summed E-state index contributed by atoms with van der Waals surface area (Å²) in [5.41, 5.74) is 4.99. The second kappa shape index (κ2) is 8.32. The zero-order chi connectivity index (χ0) is 10.8. The van der Waals surface area contributed by atoms with Gasteiger partial charge in [0, 0.05) is 7.05 Å². The Kier molecular flexibility index (Phi) is 7.56. The molecule has 0 fully saturated rings. The van der Waals surface area contributed by atoms with Gasteiger partial charge in [-0.1, -0.05) is 0 Å². The molecule has 0 aliphatic carbocycles. The van der Waals surface area contributed by atoms with Crippen molar-refractivity contribution < 1.29 is 4.74 Å². The maximum Gasteiger partial charge on any atom is 0.277 e. The summed E-state index contributed by atoms with van der Waals surface area (Å²) in [5, 5.41) is 10.7. The molecule has 0 rings (SSSR count). The normalized spacial score (nSPS) is 10.1. The average molecular weight is 233 g/mol. The van der Waals surface area contributed by atoms with Gasteiger partial charge in [0.25, 0.3) is 5.17 Å². The maximum atomic E-state index is 4.76. The highest BCUT2D eigenvalue weighted by Gasteiger charge is 1.85. The Morgan fingerprint density at radius 1 is 1.21 bits per heavy atom. The highest BCUT2D eigenvalue weighted by molar-refractivity contribution is 7.80. The number of hydrogen-bond donors (Lipinski definition) is 3. The molecule has 6 nitrogen and oxygen atoms in total. The molecule has 0 aromatic carbocycles. The molecule has 0 aliphatic rings. The van der Waals surface area contributed by atoms with E-state index < -0.39 is 0 Å². The van der Waals surface area contributed by atoms with E-state index in [9.17, 15) is 0 Å². The molecule has 0 atom stereocenters. The number of methoxy groups -OCH3 is 1. The number of nitrogens with one attached hydrogen (secondary N) is 3. The van der Waals surface area contributed by atoms with Crippen LogP contribution in [0.5, 0.6) is 0 Å². The largest absolute Gasteiger partial charge is 0.473 e. The Hall–Kier alpha value is -1.28. The molecule has 0 aliphatic heterocycles. The Balaban J connectivity index is 3.60. The predicted molar refractivity (Wildman–Crippen MR) is 64.5 cm³/mol. The van der Waals surface area contributed by atoms with Gasteiger partial charge in [0.1, 0.15) is 0 Å². The lowest BCUT2D eigenvalue weighted by Crippen LogP contribution is -2.28. The van der Waals surface area contributed by atoms with Crippen molar-refractivity contribution in [1.82, 2.24) is 16.2 Å². The predicted octanol–water partition coefficient (Wildman–Crippen LogP) is -0.427. The van der Waals surface area contributed by atoms with Crippen LogP contribution in [-0.4, -0.2) is 36.9 Å². The van der Waals surface area contributed by atoms with Crippen LogP contribution in [0.25, 0.3) is 0 Å². The van der Waals surface area contributed by atoms with Crippen LogP contribution in [0.4, 0.5) is 0 Å². The topological polar surface area (TPSA) is 70.0 Å². The number of hydrazone groups is 2. The van der Waals surface area contributed by atoms with E-state index in [0.717, 1.165) is 0 Å². The molecule has 0 saturated carbocycles. The van der Waals surface area contributed by atoms with Crippen molar-refractivity contribution in [2.24, 2.45) is 10.2 Å². The highest BCUT2D eigenvalue weighted by Crippen LogP contribution is 1.70. The van der Waals surface area contributed by atoms with Crippen LogP contribution in [0.15, 0.2) is 10.2 Å². The van der Waals surface area contributed by atoms with Crippen molar-refractivity contribution in [3.05, 3.63) is 0 Å². The van der Waals surface area contributed by atoms with Crippen molar-refractivity contribution in [2.45, 2.75) is 0 Å². The van der Waals surface area contributed by atoms with Gasteiger partial charge in [-0.15, -0.1) is 0 Å². The number of nitrogens with zero attached hydrogens (tertiary/aromatic N) is 2. The second-order valence-corrected chi connectivity index (χ2v) is 2.63. The molecule has 0 radical (unpaired) electrons. The quantitative estimate of drug-likeness (QED) is 0.349. The van der Waals surface area contributed by atoms with Gasteiger partial charge in [-0.3, -0.25) is 5.43 Å². The fraction of sp³-hybridized carbons (Fsp3) is 0.333. The highest BCUT2D eigenvalue weighted by atomic mass is 32.1. The lowest BCUT2D eigenvalue weighted by atomic mass is 10.8. The minimum Gasteiger partial charge on any atom is -0.473 e. The van der Waals surface area contributed by atoms with Gasteiger partial charge in [-0.25, -0.2) is 5.43 Å². The first-order valence-electron chi connectivity index (χ1n) is 3.57. The van der Waals surface area contributed by atoms with E-state index in [1.807, 2.05) is 0 Å². The van der Waals surface area contributed by atoms with Crippen molar-refractivity contribution in [2.75, 3.05) is 14.2 Å².